The summed E-state index contributed by atoms with van der Waals surface area (Å²) in [7, 11) is 1.77. The van der Waals surface area contributed by atoms with Crippen LogP contribution in [0.1, 0.15) is 13.3 Å². The molecule has 2 bridgehead atoms. The number of methoxy groups -OCH3 is 1. The Kier molecular flexibility index (Phi) is 2.10. The Hall–Kier alpha value is -0.120. The lowest BCUT2D eigenvalue weighted by Crippen LogP contribution is -2.51. The number of nitrogens with zero attached hydrogens (tertiary/aromatic N) is 1. The molecule has 2 fully saturated rings. The van der Waals surface area contributed by atoms with E-state index in [0.717, 1.165) is 32.7 Å². The van der Waals surface area contributed by atoms with Crippen molar-refractivity contribution in [2.45, 2.75) is 25.0 Å². The Balaban J connectivity index is 2.09. The van der Waals surface area contributed by atoms with Crippen molar-refractivity contribution in [3.05, 3.63) is 0 Å². The van der Waals surface area contributed by atoms with E-state index >= 15 is 0 Å². The molecule has 2 aliphatic heterocycles. The van der Waals surface area contributed by atoms with Crippen LogP contribution < -0.4 is 0 Å². The largest absolute Gasteiger partial charge is 0.383 e. The number of rotatable bonds is 3. The van der Waals surface area contributed by atoms with Crippen LogP contribution >= 0.6 is 0 Å². The standard InChI is InChI=1S/C9H17NO2/c1-3-10-5-8-4-9(10,6-11-2)7-12-8/h8H,3-7H2,1-2H3. The second kappa shape index (κ2) is 2.98. The Bertz CT molecular complexity index is 174. The maximum absolute atomic E-state index is 5.62. The smallest absolute Gasteiger partial charge is 0.0722 e. The van der Waals surface area contributed by atoms with E-state index in [0.29, 0.717) is 6.10 Å². The van der Waals surface area contributed by atoms with Gasteiger partial charge in [-0.3, -0.25) is 4.90 Å². The van der Waals surface area contributed by atoms with Crippen molar-refractivity contribution < 1.29 is 9.47 Å². The van der Waals surface area contributed by atoms with Gasteiger partial charge in [0.15, 0.2) is 0 Å². The minimum Gasteiger partial charge on any atom is -0.383 e. The summed E-state index contributed by atoms with van der Waals surface area (Å²) in [6, 6.07) is 0. The fourth-order valence-electron chi connectivity index (χ4n) is 2.52. The van der Waals surface area contributed by atoms with Crippen molar-refractivity contribution in [2.24, 2.45) is 0 Å². The van der Waals surface area contributed by atoms with E-state index in [1.54, 1.807) is 7.11 Å². The van der Waals surface area contributed by atoms with Gasteiger partial charge < -0.3 is 9.47 Å². The second-order valence-corrected chi connectivity index (χ2v) is 3.83. The number of hydrogen-bond donors (Lipinski definition) is 0. The molecule has 3 nitrogen and oxygen atoms in total. The maximum Gasteiger partial charge on any atom is 0.0722 e. The first-order valence-corrected chi connectivity index (χ1v) is 4.66. The van der Waals surface area contributed by atoms with Gasteiger partial charge in [0.05, 0.1) is 24.9 Å². The molecule has 0 aromatic carbocycles. The van der Waals surface area contributed by atoms with Gasteiger partial charge in [-0.1, -0.05) is 6.92 Å². The van der Waals surface area contributed by atoms with Crippen LogP contribution in [-0.4, -0.2) is 50.0 Å². The number of morpholine rings is 1. The van der Waals surface area contributed by atoms with Gasteiger partial charge in [-0.2, -0.15) is 0 Å². The number of hydrogen-bond acceptors (Lipinski definition) is 3. The minimum atomic E-state index is 0.216. The van der Waals surface area contributed by atoms with Crippen LogP contribution in [0, 0.1) is 0 Å². The molecule has 0 aromatic rings. The summed E-state index contributed by atoms with van der Waals surface area (Å²) in [5.41, 5.74) is 0.216. The highest BCUT2D eigenvalue weighted by atomic mass is 16.5. The topological polar surface area (TPSA) is 21.7 Å². The van der Waals surface area contributed by atoms with Crippen LogP contribution in [0.2, 0.25) is 0 Å². The molecule has 2 aliphatic rings. The second-order valence-electron chi connectivity index (χ2n) is 3.83. The SMILES string of the molecule is CCN1CC2CC1(COC)CO2. The van der Waals surface area contributed by atoms with Gasteiger partial charge in [0, 0.05) is 13.7 Å². The highest BCUT2D eigenvalue weighted by Crippen LogP contribution is 2.37. The first kappa shape index (κ1) is 8.48. The average Bonchev–Trinajstić information content (AvgIpc) is 2.60. The van der Waals surface area contributed by atoms with Crippen molar-refractivity contribution in [1.29, 1.82) is 0 Å². The van der Waals surface area contributed by atoms with Crippen LogP contribution in [0.4, 0.5) is 0 Å². The van der Waals surface area contributed by atoms with E-state index in [1.807, 2.05) is 0 Å². The molecule has 0 N–H and O–H groups in total. The van der Waals surface area contributed by atoms with Gasteiger partial charge in [0.25, 0.3) is 0 Å². The molecule has 3 heteroatoms. The van der Waals surface area contributed by atoms with Crippen LogP contribution in [0.15, 0.2) is 0 Å². The molecule has 70 valence electrons. The Labute approximate surface area is 73.6 Å². The van der Waals surface area contributed by atoms with Gasteiger partial charge in [0.2, 0.25) is 0 Å². The van der Waals surface area contributed by atoms with E-state index in [-0.39, 0.29) is 5.54 Å². The molecule has 2 heterocycles. The van der Waals surface area contributed by atoms with E-state index in [2.05, 4.69) is 11.8 Å². The number of likely N-dealkylation sites (N-methyl/N-ethyl adjacent to an activating group) is 1. The maximum atomic E-state index is 5.62. The third kappa shape index (κ3) is 1.08. The molecule has 0 aliphatic carbocycles. The monoisotopic (exact) mass is 171 g/mol. The zero-order valence-corrected chi connectivity index (χ0v) is 7.88. The predicted octanol–water partition coefficient (Wildman–Crippen LogP) is 0.496. The molecule has 0 amide bonds. The first-order chi connectivity index (χ1) is 5.80. The quantitative estimate of drug-likeness (QED) is 0.617. The Morgan fingerprint density at radius 1 is 1.67 bits per heavy atom. The molecular weight excluding hydrogens is 154 g/mol. The van der Waals surface area contributed by atoms with Gasteiger partial charge in [-0.25, -0.2) is 0 Å². The van der Waals surface area contributed by atoms with Crippen LogP contribution in [0.25, 0.3) is 0 Å². The summed E-state index contributed by atoms with van der Waals surface area (Å²) in [5, 5.41) is 0. The summed E-state index contributed by atoms with van der Waals surface area (Å²) < 4.78 is 10.9. The summed E-state index contributed by atoms with van der Waals surface area (Å²) >= 11 is 0. The van der Waals surface area contributed by atoms with E-state index < -0.39 is 0 Å². The highest BCUT2D eigenvalue weighted by Gasteiger charge is 2.51. The van der Waals surface area contributed by atoms with Gasteiger partial charge in [-0.15, -0.1) is 0 Å². The number of ether oxygens (including phenoxy) is 2. The van der Waals surface area contributed by atoms with Crippen LogP contribution in [0.3, 0.4) is 0 Å². The lowest BCUT2D eigenvalue weighted by Gasteiger charge is -2.36. The average molecular weight is 171 g/mol. The molecule has 0 radical (unpaired) electrons. The third-order valence-electron chi connectivity index (χ3n) is 3.08. The fraction of sp³-hybridized carbons (Fsp3) is 1.00. The molecule has 0 saturated carbocycles. The van der Waals surface area contributed by atoms with Crippen LogP contribution in [-0.2, 0) is 9.47 Å². The molecule has 0 aromatic heterocycles. The van der Waals surface area contributed by atoms with Crippen molar-refractivity contribution in [1.82, 2.24) is 4.90 Å². The minimum absolute atomic E-state index is 0.216. The third-order valence-corrected chi connectivity index (χ3v) is 3.08. The summed E-state index contributed by atoms with van der Waals surface area (Å²) in [6.07, 6.45) is 1.63. The van der Waals surface area contributed by atoms with Crippen LogP contribution in [0.5, 0.6) is 0 Å². The van der Waals surface area contributed by atoms with Crippen molar-refractivity contribution in [3.8, 4) is 0 Å². The van der Waals surface area contributed by atoms with Gasteiger partial charge in [0.1, 0.15) is 0 Å². The van der Waals surface area contributed by atoms with Gasteiger partial charge in [-0.05, 0) is 13.0 Å². The number of fused-ring (bicyclic) bond motifs is 2. The summed E-state index contributed by atoms with van der Waals surface area (Å²) in [5.74, 6) is 0. The molecule has 2 unspecified atom stereocenters. The highest BCUT2D eigenvalue weighted by molar-refractivity contribution is 5.04. The Morgan fingerprint density at radius 3 is 3.08 bits per heavy atom. The molecule has 12 heavy (non-hydrogen) atoms. The summed E-state index contributed by atoms with van der Waals surface area (Å²) in [4.78, 5) is 2.49. The predicted molar refractivity (Wildman–Crippen MR) is 46.2 cm³/mol. The van der Waals surface area contributed by atoms with Crippen molar-refractivity contribution in [3.63, 3.8) is 0 Å². The van der Waals surface area contributed by atoms with E-state index in [1.165, 1.54) is 0 Å². The zero-order chi connectivity index (χ0) is 8.60. The van der Waals surface area contributed by atoms with Crippen molar-refractivity contribution >= 4 is 0 Å². The van der Waals surface area contributed by atoms with Gasteiger partial charge >= 0.3 is 0 Å². The van der Waals surface area contributed by atoms with E-state index in [4.69, 9.17) is 9.47 Å². The molecule has 2 rings (SSSR count). The Morgan fingerprint density at radius 2 is 2.50 bits per heavy atom. The molecule has 2 atom stereocenters. The fourth-order valence-corrected chi connectivity index (χ4v) is 2.52. The molecular formula is C9H17NO2. The number of likely N-dealkylation sites (tertiary alicyclic amines) is 1. The normalized spacial score (nSPS) is 41.0. The van der Waals surface area contributed by atoms with E-state index in [9.17, 15) is 0 Å². The first-order valence-electron chi connectivity index (χ1n) is 4.66. The summed E-state index contributed by atoms with van der Waals surface area (Å²) in [6.45, 7) is 6.10. The van der Waals surface area contributed by atoms with Crippen molar-refractivity contribution in [2.75, 3.05) is 33.4 Å². The lowest BCUT2D eigenvalue weighted by molar-refractivity contribution is -0.0373. The molecule has 0 spiro atoms. The molecule has 2 saturated heterocycles. The zero-order valence-electron chi connectivity index (χ0n) is 7.88. The lowest BCUT2D eigenvalue weighted by atomic mass is 10.0.